The van der Waals surface area contributed by atoms with Gasteiger partial charge in [-0.1, -0.05) is 147 Å². The lowest BCUT2D eigenvalue weighted by atomic mass is 9.82. The first kappa shape index (κ1) is 30.3. The molecule has 0 aliphatic heterocycles. The van der Waals surface area contributed by atoms with Crippen molar-refractivity contribution < 1.29 is 4.42 Å². The number of benzene rings is 7. The molecular weight excluding hydrogens is 633 g/mol. The average Bonchev–Trinajstić information content (AvgIpc) is 3.70. The highest BCUT2D eigenvalue weighted by molar-refractivity contribution is 6.09. The van der Waals surface area contributed by atoms with Gasteiger partial charge in [-0.15, -0.1) is 0 Å². The predicted molar refractivity (Wildman–Crippen MR) is 214 cm³/mol. The Morgan fingerprint density at radius 1 is 0.404 bits per heavy atom. The van der Waals surface area contributed by atoms with E-state index >= 15 is 0 Å². The van der Waals surface area contributed by atoms with Gasteiger partial charge in [0.1, 0.15) is 11.2 Å². The molecule has 0 atom stereocenters. The monoisotopic (exact) mass is 666 g/mol. The lowest BCUT2D eigenvalue weighted by Gasteiger charge is -2.22. The van der Waals surface area contributed by atoms with Crippen LogP contribution in [0.2, 0.25) is 0 Å². The van der Waals surface area contributed by atoms with Gasteiger partial charge >= 0.3 is 0 Å². The van der Waals surface area contributed by atoms with E-state index in [-0.39, 0.29) is 5.41 Å². The Hall–Kier alpha value is -6.58. The second-order valence-corrected chi connectivity index (χ2v) is 14.2. The van der Waals surface area contributed by atoms with Crippen molar-refractivity contribution in [2.45, 2.75) is 19.3 Å². The fourth-order valence-corrected chi connectivity index (χ4v) is 8.03. The van der Waals surface area contributed by atoms with E-state index in [0.717, 1.165) is 72.3 Å². The maximum absolute atomic E-state index is 6.53. The van der Waals surface area contributed by atoms with Crippen molar-refractivity contribution in [3.8, 4) is 67.3 Å². The molecule has 0 amide bonds. The summed E-state index contributed by atoms with van der Waals surface area (Å²) in [6.07, 6.45) is 0. The molecule has 3 heteroatoms. The van der Waals surface area contributed by atoms with Crippen molar-refractivity contribution in [3.63, 3.8) is 0 Å². The lowest BCUT2D eigenvalue weighted by Crippen LogP contribution is -2.14. The molecule has 0 radical (unpaired) electrons. The van der Waals surface area contributed by atoms with Crippen molar-refractivity contribution in [1.29, 1.82) is 0 Å². The van der Waals surface area contributed by atoms with Gasteiger partial charge in [-0.3, -0.25) is 0 Å². The topological polar surface area (TPSA) is 38.9 Å². The van der Waals surface area contributed by atoms with E-state index in [2.05, 4.69) is 153 Å². The molecule has 0 saturated heterocycles. The molecule has 7 aromatic carbocycles. The summed E-state index contributed by atoms with van der Waals surface area (Å²) in [5.74, 6) is 0.696. The molecule has 1 aliphatic carbocycles. The van der Waals surface area contributed by atoms with E-state index in [4.69, 9.17) is 14.4 Å². The van der Waals surface area contributed by atoms with Crippen LogP contribution in [0.15, 0.2) is 174 Å². The number of nitrogens with zero attached hydrogens (tertiary/aromatic N) is 2. The van der Waals surface area contributed by atoms with Crippen LogP contribution >= 0.6 is 0 Å². The van der Waals surface area contributed by atoms with Gasteiger partial charge in [0, 0.05) is 38.4 Å². The van der Waals surface area contributed by atoms with Crippen LogP contribution in [0.3, 0.4) is 0 Å². The zero-order valence-electron chi connectivity index (χ0n) is 29.0. The third-order valence-corrected chi connectivity index (χ3v) is 10.7. The Morgan fingerprint density at radius 2 is 1.02 bits per heavy atom. The molecule has 10 rings (SSSR count). The van der Waals surface area contributed by atoms with E-state index in [9.17, 15) is 0 Å². The number of aromatic nitrogens is 2. The fraction of sp³-hybridized carbons (Fsp3) is 0.0612. The van der Waals surface area contributed by atoms with Crippen LogP contribution in [-0.2, 0) is 5.41 Å². The summed E-state index contributed by atoms with van der Waals surface area (Å²) in [6.45, 7) is 4.64. The zero-order valence-corrected chi connectivity index (χ0v) is 29.0. The first-order valence-electron chi connectivity index (χ1n) is 17.8. The summed E-state index contributed by atoms with van der Waals surface area (Å²) in [5, 5.41) is 2.23. The van der Waals surface area contributed by atoms with E-state index in [1.165, 1.54) is 22.3 Å². The summed E-state index contributed by atoms with van der Waals surface area (Å²) in [7, 11) is 0. The Morgan fingerprint density at radius 3 is 1.85 bits per heavy atom. The number of para-hydroxylation sites is 2. The summed E-state index contributed by atoms with van der Waals surface area (Å²) in [6, 6.07) is 60.0. The third kappa shape index (κ3) is 4.89. The molecule has 0 N–H and O–H groups in total. The highest BCUT2D eigenvalue weighted by Gasteiger charge is 2.35. The number of fused-ring (bicyclic) bond motifs is 6. The number of rotatable bonds is 5. The van der Waals surface area contributed by atoms with E-state index in [1.807, 2.05) is 30.3 Å². The first-order valence-corrected chi connectivity index (χ1v) is 17.8. The smallest absolute Gasteiger partial charge is 0.160 e. The van der Waals surface area contributed by atoms with Crippen molar-refractivity contribution in [2.24, 2.45) is 0 Å². The van der Waals surface area contributed by atoms with Gasteiger partial charge < -0.3 is 4.42 Å². The van der Waals surface area contributed by atoms with Gasteiger partial charge in [0.25, 0.3) is 0 Å². The van der Waals surface area contributed by atoms with Gasteiger partial charge in [-0.25, -0.2) is 9.97 Å². The molecule has 0 spiro atoms. The van der Waals surface area contributed by atoms with E-state index < -0.39 is 0 Å². The molecule has 52 heavy (non-hydrogen) atoms. The van der Waals surface area contributed by atoms with Crippen LogP contribution < -0.4 is 0 Å². The quantitative estimate of drug-likeness (QED) is 0.183. The van der Waals surface area contributed by atoms with Crippen LogP contribution in [0.5, 0.6) is 0 Å². The van der Waals surface area contributed by atoms with E-state index in [0.29, 0.717) is 5.82 Å². The maximum atomic E-state index is 6.53. The van der Waals surface area contributed by atoms with Crippen LogP contribution in [0, 0.1) is 0 Å². The Kier molecular flexibility index (Phi) is 6.84. The molecule has 0 bridgehead atoms. The largest absolute Gasteiger partial charge is 0.455 e. The molecule has 0 fully saturated rings. The number of furan rings is 1. The van der Waals surface area contributed by atoms with Gasteiger partial charge in [-0.2, -0.15) is 0 Å². The maximum Gasteiger partial charge on any atom is 0.160 e. The van der Waals surface area contributed by atoms with Crippen molar-refractivity contribution >= 4 is 21.9 Å². The Bertz CT molecular complexity index is 2810. The van der Waals surface area contributed by atoms with Crippen LogP contribution in [0.25, 0.3) is 89.2 Å². The average molecular weight is 667 g/mol. The van der Waals surface area contributed by atoms with Crippen LogP contribution in [-0.4, -0.2) is 9.97 Å². The Labute approximate surface area is 302 Å². The molecule has 3 nitrogen and oxygen atoms in total. The van der Waals surface area contributed by atoms with Gasteiger partial charge in [0.05, 0.1) is 11.4 Å². The van der Waals surface area contributed by atoms with Gasteiger partial charge in [0.2, 0.25) is 0 Å². The Balaban J connectivity index is 1.19. The second kappa shape index (κ2) is 11.8. The predicted octanol–water partition coefficient (Wildman–Crippen LogP) is 13.0. The molecule has 2 heterocycles. The summed E-state index contributed by atoms with van der Waals surface area (Å²) < 4.78 is 6.53. The minimum atomic E-state index is -0.114. The first-order chi connectivity index (χ1) is 25.5. The molecule has 0 saturated carbocycles. The molecule has 0 unspecified atom stereocenters. The van der Waals surface area contributed by atoms with E-state index in [1.54, 1.807) is 0 Å². The van der Waals surface area contributed by atoms with Gasteiger partial charge in [-0.05, 0) is 75.3 Å². The van der Waals surface area contributed by atoms with Crippen LogP contribution in [0.1, 0.15) is 25.0 Å². The summed E-state index contributed by atoms with van der Waals surface area (Å²) >= 11 is 0. The lowest BCUT2D eigenvalue weighted by molar-refractivity contribution is 0.660. The molecule has 1 aliphatic rings. The SMILES string of the molecule is CC1(C)c2ccccc2-c2ccc(-c3cc(-c4cc(-c5ccccc5)cc(-c5cccc6c5oc5ccccc56)c4)nc(-c4ccccc4)n3)cc21. The molecule has 246 valence electrons. The standard InChI is InChI=1S/C49H34N2O/c1-49(2)42-22-11-9-18-38(42)39-25-24-33(29-43(39)49)44-30-45(51-48(50-44)32-16-7-4-8-17-32)36-27-34(31-14-5-3-6-15-31)26-35(28-36)37-20-13-21-41-40-19-10-12-23-46(40)52-47(37)41/h3-30H,1-2H3. The fourth-order valence-electron chi connectivity index (χ4n) is 8.03. The van der Waals surface area contributed by atoms with Gasteiger partial charge in [0.15, 0.2) is 5.82 Å². The summed E-state index contributed by atoms with van der Waals surface area (Å²) in [5.41, 5.74) is 16.1. The minimum Gasteiger partial charge on any atom is -0.455 e. The molecule has 2 aromatic heterocycles. The van der Waals surface area contributed by atoms with Crippen LogP contribution in [0.4, 0.5) is 0 Å². The second-order valence-electron chi connectivity index (χ2n) is 14.2. The number of hydrogen-bond donors (Lipinski definition) is 0. The molecule has 9 aromatic rings. The van der Waals surface area contributed by atoms with Crippen molar-refractivity contribution in [2.75, 3.05) is 0 Å². The minimum absolute atomic E-state index is 0.114. The molecular formula is C49H34N2O. The highest BCUT2D eigenvalue weighted by Crippen LogP contribution is 2.49. The zero-order chi connectivity index (χ0) is 34.8. The van der Waals surface area contributed by atoms with Crippen molar-refractivity contribution in [3.05, 3.63) is 181 Å². The normalized spacial score (nSPS) is 13.0. The highest BCUT2D eigenvalue weighted by atomic mass is 16.3. The number of hydrogen-bond acceptors (Lipinski definition) is 3. The summed E-state index contributed by atoms with van der Waals surface area (Å²) in [4.78, 5) is 10.5. The third-order valence-electron chi connectivity index (χ3n) is 10.7. The van der Waals surface area contributed by atoms with Crippen molar-refractivity contribution in [1.82, 2.24) is 9.97 Å².